The van der Waals surface area contributed by atoms with Gasteiger partial charge in [0.1, 0.15) is 0 Å². The number of para-hydroxylation sites is 2. The van der Waals surface area contributed by atoms with Crippen LogP contribution in [0.15, 0.2) is 53.3 Å². The Bertz CT molecular complexity index is 1150. The van der Waals surface area contributed by atoms with Crippen molar-refractivity contribution in [1.29, 1.82) is 0 Å². The van der Waals surface area contributed by atoms with Crippen LogP contribution in [-0.2, 0) is 20.0 Å². The molecule has 0 fully saturated rings. The van der Waals surface area contributed by atoms with Crippen molar-refractivity contribution in [2.75, 3.05) is 0 Å². The highest BCUT2D eigenvalue weighted by Gasteiger charge is 2.25. The quantitative estimate of drug-likeness (QED) is 0.500. The first-order chi connectivity index (χ1) is 11.3. The van der Waals surface area contributed by atoms with Gasteiger partial charge in [-0.3, -0.25) is 9.36 Å². The Morgan fingerprint density at radius 1 is 1.00 bits per heavy atom. The molecule has 4 nitrogen and oxygen atoms in total. The maximum atomic E-state index is 12.8. The lowest BCUT2D eigenvalue weighted by Crippen LogP contribution is -2.28. The van der Waals surface area contributed by atoms with Crippen LogP contribution in [0.5, 0.6) is 0 Å². The van der Waals surface area contributed by atoms with E-state index in [1.807, 2.05) is 28.8 Å². The average molecular weight is 301 g/mol. The van der Waals surface area contributed by atoms with E-state index >= 15 is 0 Å². The molecule has 0 amide bonds. The predicted octanol–water partition coefficient (Wildman–Crippen LogP) is 3.11. The number of benzene rings is 2. The zero-order valence-corrected chi connectivity index (χ0v) is 12.8. The van der Waals surface area contributed by atoms with Crippen LogP contribution in [0.25, 0.3) is 33.3 Å². The van der Waals surface area contributed by atoms with Gasteiger partial charge in [0.15, 0.2) is 5.82 Å². The van der Waals surface area contributed by atoms with Gasteiger partial charge in [-0.1, -0.05) is 30.3 Å². The van der Waals surface area contributed by atoms with Gasteiger partial charge < -0.3 is 4.57 Å². The summed E-state index contributed by atoms with van der Waals surface area (Å²) >= 11 is 0. The number of hydrogen-bond donors (Lipinski definition) is 0. The molecular formula is C19H15N3O. The Morgan fingerprint density at radius 3 is 2.61 bits per heavy atom. The van der Waals surface area contributed by atoms with E-state index < -0.39 is 0 Å². The zero-order chi connectivity index (χ0) is 15.6. The third-order valence-electron chi connectivity index (χ3n) is 4.87. The van der Waals surface area contributed by atoms with E-state index in [1.165, 1.54) is 16.5 Å². The SMILES string of the molecule is Cn1c2c(c3ccccc31)CCn1c-2nc2ccccc2c1=O. The van der Waals surface area contributed by atoms with E-state index in [0.29, 0.717) is 11.9 Å². The summed E-state index contributed by atoms with van der Waals surface area (Å²) in [6.45, 7) is 0.688. The van der Waals surface area contributed by atoms with E-state index in [-0.39, 0.29) is 5.56 Å². The molecule has 2 aromatic carbocycles. The summed E-state index contributed by atoms with van der Waals surface area (Å²) in [5.41, 5.74) is 4.38. The Hall–Kier alpha value is -2.88. The van der Waals surface area contributed by atoms with Crippen LogP contribution in [0.1, 0.15) is 5.56 Å². The average Bonchev–Trinajstić information content (AvgIpc) is 2.89. The number of aryl methyl sites for hydroxylation is 2. The summed E-state index contributed by atoms with van der Waals surface area (Å²) in [4.78, 5) is 17.6. The highest BCUT2D eigenvalue weighted by Crippen LogP contribution is 2.35. The molecule has 0 bridgehead atoms. The lowest BCUT2D eigenvalue weighted by molar-refractivity contribution is 0.646. The molecule has 0 radical (unpaired) electrons. The minimum absolute atomic E-state index is 0.0570. The van der Waals surface area contributed by atoms with E-state index in [2.05, 4.69) is 35.9 Å². The third kappa shape index (κ3) is 1.55. The molecule has 0 spiro atoms. The second-order valence-electron chi connectivity index (χ2n) is 6.06. The van der Waals surface area contributed by atoms with E-state index in [9.17, 15) is 4.79 Å². The van der Waals surface area contributed by atoms with Crippen LogP contribution in [0.2, 0.25) is 0 Å². The molecule has 2 aromatic heterocycles. The van der Waals surface area contributed by atoms with Crippen molar-refractivity contribution in [1.82, 2.24) is 14.1 Å². The highest BCUT2D eigenvalue weighted by atomic mass is 16.1. The number of nitrogens with zero attached hydrogens (tertiary/aromatic N) is 3. The summed E-state index contributed by atoms with van der Waals surface area (Å²) in [6, 6.07) is 16.0. The van der Waals surface area contributed by atoms with Gasteiger partial charge in [-0.15, -0.1) is 0 Å². The number of rotatable bonds is 0. The van der Waals surface area contributed by atoms with Gasteiger partial charge in [-0.2, -0.15) is 0 Å². The van der Waals surface area contributed by atoms with Crippen LogP contribution in [-0.4, -0.2) is 14.1 Å². The number of fused-ring (bicyclic) bond motifs is 6. The standard InChI is InChI=1S/C19H15N3O/c1-21-16-9-5-3-6-12(16)13-10-11-22-18(17(13)21)20-15-8-4-2-7-14(15)19(22)23/h2-9H,10-11H2,1H3. The Kier molecular flexibility index (Phi) is 2.37. The van der Waals surface area contributed by atoms with Crippen molar-refractivity contribution in [3.63, 3.8) is 0 Å². The summed E-state index contributed by atoms with van der Waals surface area (Å²) in [7, 11) is 2.05. The Morgan fingerprint density at radius 2 is 1.74 bits per heavy atom. The van der Waals surface area contributed by atoms with Crippen LogP contribution in [0.4, 0.5) is 0 Å². The summed E-state index contributed by atoms with van der Waals surface area (Å²) in [5.74, 6) is 0.786. The first-order valence-electron chi connectivity index (χ1n) is 7.82. The number of hydrogen-bond acceptors (Lipinski definition) is 2. The van der Waals surface area contributed by atoms with Gasteiger partial charge in [0.2, 0.25) is 0 Å². The largest absolute Gasteiger partial charge is 0.341 e. The normalized spacial score (nSPS) is 13.3. The molecule has 1 aliphatic rings. The Balaban J connectivity index is 1.96. The molecule has 4 heteroatoms. The topological polar surface area (TPSA) is 39.8 Å². The maximum Gasteiger partial charge on any atom is 0.261 e. The van der Waals surface area contributed by atoms with Crippen molar-refractivity contribution in [2.45, 2.75) is 13.0 Å². The summed E-state index contributed by atoms with van der Waals surface area (Å²) in [5, 5.41) is 1.96. The molecule has 0 saturated heterocycles. The van der Waals surface area contributed by atoms with Gasteiger partial charge >= 0.3 is 0 Å². The fourth-order valence-electron chi connectivity index (χ4n) is 3.79. The van der Waals surface area contributed by atoms with Crippen LogP contribution in [0.3, 0.4) is 0 Å². The number of aromatic nitrogens is 3. The fraction of sp³-hybridized carbons (Fsp3) is 0.158. The van der Waals surface area contributed by atoms with Crippen molar-refractivity contribution in [2.24, 2.45) is 7.05 Å². The molecule has 1 aliphatic heterocycles. The molecular weight excluding hydrogens is 286 g/mol. The maximum absolute atomic E-state index is 12.8. The molecule has 112 valence electrons. The van der Waals surface area contributed by atoms with Crippen LogP contribution < -0.4 is 5.56 Å². The minimum Gasteiger partial charge on any atom is -0.341 e. The highest BCUT2D eigenvalue weighted by molar-refractivity contribution is 5.92. The molecule has 0 atom stereocenters. The van der Waals surface area contributed by atoms with Crippen molar-refractivity contribution in [3.05, 3.63) is 64.4 Å². The van der Waals surface area contributed by atoms with Crippen LogP contribution in [0, 0.1) is 0 Å². The van der Waals surface area contributed by atoms with E-state index in [1.54, 1.807) is 0 Å². The third-order valence-corrected chi connectivity index (χ3v) is 4.87. The van der Waals surface area contributed by atoms with Crippen molar-refractivity contribution >= 4 is 21.8 Å². The molecule has 3 heterocycles. The molecule has 0 N–H and O–H groups in total. The van der Waals surface area contributed by atoms with Crippen LogP contribution >= 0.6 is 0 Å². The molecule has 0 saturated carbocycles. The monoisotopic (exact) mass is 301 g/mol. The van der Waals surface area contributed by atoms with Gasteiger partial charge in [-0.05, 0) is 30.2 Å². The lowest BCUT2D eigenvalue weighted by Gasteiger charge is -2.20. The molecule has 0 unspecified atom stereocenters. The molecule has 23 heavy (non-hydrogen) atoms. The van der Waals surface area contributed by atoms with Crippen molar-refractivity contribution in [3.8, 4) is 11.5 Å². The van der Waals surface area contributed by atoms with Gasteiger partial charge in [0.25, 0.3) is 5.56 Å². The first-order valence-corrected chi connectivity index (χ1v) is 7.82. The molecule has 5 rings (SSSR count). The second-order valence-corrected chi connectivity index (χ2v) is 6.06. The van der Waals surface area contributed by atoms with E-state index in [0.717, 1.165) is 23.5 Å². The van der Waals surface area contributed by atoms with E-state index in [4.69, 9.17) is 4.98 Å². The summed E-state index contributed by atoms with van der Waals surface area (Å²) in [6.07, 6.45) is 0.865. The second kappa shape index (κ2) is 4.32. The smallest absolute Gasteiger partial charge is 0.261 e. The Labute approximate surface area is 132 Å². The first kappa shape index (κ1) is 12.6. The molecule has 4 aromatic rings. The minimum atomic E-state index is 0.0570. The van der Waals surface area contributed by atoms with Gasteiger partial charge in [0, 0.05) is 24.5 Å². The molecule has 0 aliphatic carbocycles. The zero-order valence-electron chi connectivity index (χ0n) is 12.8. The predicted molar refractivity (Wildman–Crippen MR) is 91.6 cm³/mol. The summed E-state index contributed by atoms with van der Waals surface area (Å²) < 4.78 is 3.99. The lowest BCUT2D eigenvalue weighted by atomic mass is 10.0. The van der Waals surface area contributed by atoms with Gasteiger partial charge in [-0.25, -0.2) is 4.98 Å². The fourth-order valence-corrected chi connectivity index (χ4v) is 3.79. The van der Waals surface area contributed by atoms with Crippen molar-refractivity contribution < 1.29 is 0 Å². The van der Waals surface area contributed by atoms with Gasteiger partial charge in [0.05, 0.1) is 16.6 Å².